The Morgan fingerprint density at radius 1 is 1.00 bits per heavy atom. The molecule has 0 aliphatic carbocycles. The van der Waals surface area contributed by atoms with Gasteiger partial charge < -0.3 is 30.3 Å². The summed E-state index contributed by atoms with van der Waals surface area (Å²) in [7, 11) is 0. The second-order valence-electron chi connectivity index (χ2n) is 2.76. The van der Waals surface area contributed by atoms with Crippen LogP contribution in [0.5, 0.6) is 0 Å². The molecule has 1 heterocycles. The molecule has 0 radical (unpaired) electrons. The van der Waals surface area contributed by atoms with Crippen molar-refractivity contribution in [1.82, 2.24) is 0 Å². The summed E-state index contributed by atoms with van der Waals surface area (Å²) in [6.07, 6.45) is -8.72. The fraction of sp³-hybridized carbons (Fsp3) is 0.833. The number of hydrogen-bond donors (Lipinski definition) is 5. The second-order valence-corrected chi connectivity index (χ2v) is 2.76. The van der Waals surface area contributed by atoms with Gasteiger partial charge in [-0.3, -0.25) is 0 Å². The van der Waals surface area contributed by atoms with E-state index in [4.69, 9.17) is 25.5 Å². The summed E-state index contributed by atoms with van der Waals surface area (Å²) in [5, 5.41) is 44.4. The summed E-state index contributed by atoms with van der Waals surface area (Å²) in [4.78, 5) is 10.4. The van der Waals surface area contributed by atoms with E-state index in [-0.39, 0.29) is 0 Å². The number of carbonyl (C=O) groups is 1. The molecule has 0 bridgehead atoms. The van der Waals surface area contributed by atoms with Crippen molar-refractivity contribution in [2.75, 3.05) is 0 Å². The topological polar surface area (TPSA) is 127 Å². The van der Waals surface area contributed by atoms with Crippen molar-refractivity contribution >= 4 is 5.97 Å². The number of carboxylic acids is 1. The summed E-state index contributed by atoms with van der Waals surface area (Å²) in [5.41, 5.74) is 0. The summed E-state index contributed by atoms with van der Waals surface area (Å²) in [5.74, 6) is -1.52. The molecule has 1 aliphatic heterocycles. The molecule has 1 aliphatic rings. The minimum atomic E-state index is -1.81. The lowest BCUT2D eigenvalue weighted by molar-refractivity contribution is -0.279. The van der Waals surface area contributed by atoms with Crippen LogP contribution < -0.4 is 0 Å². The molecule has 1 rings (SSSR count). The van der Waals surface area contributed by atoms with Crippen LogP contribution in [0.15, 0.2) is 0 Å². The van der Waals surface area contributed by atoms with Crippen molar-refractivity contribution in [1.29, 1.82) is 0 Å². The molecule has 13 heavy (non-hydrogen) atoms. The van der Waals surface area contributed by atoms with E-state index in [1.165, 1.54) is 0 Å². The zero-order chi connectivity index (χ0) is 10.2. The largest absolute Gasteiger partial charge is 0.479 e. The zero-order valence-electron chi connectivity index (χ0n) is 6.44. The molecule has 1 saturated heterocycles. The number of aliphatic hydroxyl groups is 4. The Hall–Kier alpha value is -0.730. The molecule has 0 aromatic rings. The van der Waals surface area contributed by atoms with Crippen molar-refractivity contribution in [2.24, 2.45) is 0 Å². The number of ether oxygens (including phenoxy) is 1. The van der Waals surface area contributed by atoms with Crippen LogP contribution in [-0.4, -0.2) is 62.2 Å². The predicted molar refractivity (Wildman–Crippen MR) is 36.5 cm³/mol. The Morgan fingerprint density at radius 3 is 2.00 bits per heavy atom. The molecule has 7 nitrogen and oxygen atoms in total. The molecule has 5 N–H and O–H groups in total. The highest BCUT2D eigenvalue weighted by molar-refractivity contribution is 5.73. The average molecular weight is 194 g/mol. The fourth-order valence-corrected chi connectivity index (χ4v) is 1.07. The van der Waals surface area contributed by atoms with Crippen LogP contribution in [0, 0.1) is 0 Å². The molecule has 0 spiro atoms. The van der Waals surface area contributed by atoms with Crippen molar-refractivity contribution in [2.45, 2.75) is 30.7 Å². The van der Waals surface area contributed by atoms with Gasteiger partial charge in [0.15, 0.2) is 12.4 Å². The van der Waals surface area contributed by atoms with Gasteiger partial charge in [0.25, 0.3) is 0 Å². The lowest BCUT2D eigenvalue weighted by atomic mass is 9.99. The van der Waals surface area contributed by atoms with Gasteiger partial charge in [-0.1, -0.05) is 0 Å². The van der Waals surface area contributed by atoms with E-state index in [1.54, 1.807) is 0 Å². The average Bonchev–Trinajstić information content (AvgIpc) is 2.07. The molecule has 1 fully saturated rings. The summed E-state index contributed by atoms with van der Waals surface area (Å²) in [6.45, 7) is 0. The van der Waals surface area contributed by atoms with E-state index in [1.807, 2.05) is 0 Å². The van der Waals surface area contributed by atoms with Gasteiger partial charge >= 0.3 is 5.97 Å². The Morgan fingerprint density at radius 2 is 1.54 bits per heavy atom. The number of aliphatic carboxylic acids is 1. The third-order valence-electron chi connectivity index (χ3n) is 1.83. The van der Waals surface area contributed by atoms with Gasteiger partial charge in [-0.15, -0.1) is 0 Å². The maximum atomic E-state index is 10.4. The van der Waals surface area contributed by atoms with E-state index in [0.717, 1.165) is 0 Å². The highest BCUT2D eigenvalue weighted by Gasteiger charge is 2.46. The molecule has 0 saturated carbocycles. The Bertz CT molecular complexity index is 205. The van der Waals surface area contributed by atoms with Gasteiger partial charge in [0.05, 0.1) is 0 Å². The highest BCUT2D eigenvalue weighted by atomic mass is 16.6. The lowest BCUT2D eigenvalue weighted by Gasteiger charge is -2.36. The van der Waals surface area contributed by atoms with Gasteiger partial charge in [-0.2, -0.15) is 0 Å². The SMILES string of the molecule is O=C(O)C1O[C@@H](O)[C@@H](O)[C@@H](O)C1O. The van der Waals surface area contributed by atoms with E-state index in [0.29, 0.717) is 0 Å². The Balaban J connectivity index is 2.76. The van der Waals surface area contributed by atoms with Crippen LogP contribution in [0.2, 0.25) is 0 Å². The molecule has 0 aromatic carbocycles. The monoisotopic (exact) mass is 194 g/mol. The van der Waals surface area contributed by atoms with Crippen LogP contribution in [-0.2, 0) is 9.53 Å². The summed E-state index contributed by atoms with van der Waals surface area (Å²) in [6, 6.07) is 0. The number of carboxylic acid groups (broad SMARTS) is 1. The van der Waals surface area contributed by atoms with Crippen molar-refractivity contribution < 1.29 is 35.1 Å². The van der Waals surface area contributed by atoms with Crippen molar-refractivity contribution in [3.05, 3.63) is 0 Å². The van der Waals surface area contributed by atoms with Crippen LogP contribution in [0.4, 0.5) is 0 Å². The molecular formula is C6H10O7. The molecular weight excluding hydrogens is 184 g/mol. The van der Waals surface area contributed by atoms with Crippen molar-refractivity contribution in [3.63, 3.8) is 0 Å². The van der Waals surface area contributed by atoms with Gasteiger partial charge in [0.2, 0.25) is 0 Å². The number of rotatable bonds is 1. The van der Waals surface area contributed by atoms with Gasteiger partial charge in [0.1, 0.15) is 18.3 Å². The fourth-order valence-electron chi connectivity index (χ4n) is 1.07. The first-order chi connectivity index (χ1) is 5.95. The standard InChI is InChI=1S/C6H10O7/c7-1-2(8)4(5(10)11)13-6(12)3(1)9/h1-4,6-9,12H,(H,10,11)/t1-,2?,3-,4?,6+/m0/s1. The first-order valence-corrected chi connectivity index (χ1v) is 3.55. The maximum Gasteiger partial charge on any atom is 0.335 e. The molecule has 0 amide bonds. The minimum Gasteiger partial charge on any atom is -0.479 e. The highest BCUT2D eigenvalue weighted by Crippen LogP contribution is 2.19. The maximum absolute atomic E-state index is 10.4. The predicted octanol–water partition coefficient (Wildman–Crippen LogP) is -3.13. The first-order valence-electron chi connectivity index (χ1n) is 3.55. The smallest absolute Gasteiger partial charge is 0.335 e. The minimum absolute atomic E-state index is 1.52. The van der Waals surface area contributed by atoms with Crippen molar-refractivity contribution in [3.8, 4) is 0 Å². The van der Waals surface area contributed by atoms with Crippen LogP contribution >= 0.6 is 0 Å². The normalized spacial score (nSPS) is 46.0. The number of hydrogen-bond acceptors (Lipinski definition) is 6. The Labute approximate surface area is 72.8 Å². The summed E-state index contributed by atoms with van der Waals surface area (Å²) >= 11 is 0. The lowest BCUT2D eigenvalue weighted by Crippen LogP contribution is -2.59. The molecule has 0 aromatic heterocycles. The quantitative estimate of drug-likeness (QED) is 0.298. The third-order valence-corrected chi connectivity index (χ3v) is 1.83. The van der Waals surface area contributed by atoms with Crippen LogP contribution in [0.25, 0.3) is 0 Å². The third kappa shape index (κ3) is 1.79. The van der Waals surface area contributed by atoms with E-state index in [2.05, 4.69) is 4.74 Å². The van der Waals surface area contributed by atoms with Crippen LogP contribution in [0.1, 0.15) is 0 Å². The van der Waals surface area contributed by atoms with E-state index >= 15 is 0 Å². The molecule has 7 heteroatoms. The zero-order valence-corrected chi connectivity index (χ0v) is 6.44. The second kappa shape index (κ2) is 3.56. The van der Waals surface area contributed by atoms with Gasteiger partial charge in [-0.25, -0.2) is 4.79 Å². The molecule has 76 valence electrons. The molecule has 5 atom stereocenters. The van der Waals surface area contributed by atoms with Gasteiger partial charge in [-0.05, 0) is 0 Å². The van der Waals surface area contributed by atoms with E-state index in [9.17, 15) is 4.79 Å². The molecule has 2 unspecified atom stereocenters. The summed E-state index contributed by atoms with van der Waals surface area (Å²) < 4.78 is 4.34. The first kappa shape index (κ1) is 10.4. The number of aliphatic hydroxyl groups excluding tert-OH is 4. The van der Waals surface area contributed by atoms with Gasteiger partial charge in [0, 0.05) is 0 Å². The van der Waals surface area contributed by atoms with E-state index < -0.39 is 36.7 Å². The van der Waals surface area contributed by atoms with Crippen LogP contribution in [0.3, 0.4) is 0 Å². The Kier molecular flexibility index (Phi) is 2.84.